The number of fused-ring (bicyclic) bond motifs is 5. The van der Waals surface area contributed by atoms with Crippen molar-refractivity contribution in [3.63, 3.8) is 0 Å². The molecule has 1 aliphatic heterocycles. The van der Waals surface area contributed by atoms with Crippen LogP contribution in [0.1, 0.15) is 105 Å². The summed E-state index contributed by atoms with van der Waals surface area (Å²) < 4.78 is 0. The Morgan fingerprint density at radius 1 is 1.06 bits per heavy atom. The summed E-state index contributed by atoms with van der Waals surface area (Å²) in [5.74, 6) is 4.35. The Hall–Kier alpha value is -1.28. The Balaban J connectivity index is 1.22. The van der Waals surface area contributed by atoms with E-state index in [-0.39, 0.29) is 11.5 Å². The molecule has 0 aromatic heterocycles. The average Bonchev–Trinajstić information content (AvgIpc) is 2.97. The van der Waals surface area contributed by atoms with Gasteiger partial charge in [-0.05, 0) is 110 Å². The molecule has 0 saturated heterocycles. The fourth-order valence-electron chi connectivity index (χ4n) is 9.70. The summed E-state index contributed by atoms with van der Waals surface area (Å²) in [6.45, 7) is 12.6. The molecule has 3 fully saturated rings. The third-order valence-electron chi connectivity index (χ3n) is 11.8. The van der Waals surface area contributed by atoms with E-state index in [1.165, 1.54) is 63.5 Å². The Kier molecular flexibility index (Phi) is 6.92. The third-order valence-corrected chi connectivity index (χ3v) is 11.8. The lowest BCUT2D eigenvalue weighted by Gasteiger charge is -2.58. The van der Waals surface area contributed by atoms with Gasteiger partial charge in [0.05, 0.1) is 6.10 Å². The highest BCUT2D eigenvalue weighted by atomic mass is 16.3. The largest absolute Gasteiger partial charge is 0.393 e. The number of allylic oxidation sites excluding steroid dienone is 6. The Morgan fingerprint density at radius 3 is 2.71 bits per heavy atom. The maximum Gasteiger partial charge on any atom is 0.0577 e. The molecule has 8 atom stereocenters. The zero-order valence-corrected chi connectivity index (χ0v) is 23.2. The first-order valence-corrected chi connectivity index (χ1v) is 14.8. The van der Waals surface area contributed by atoms with Crippen molar-refractivity contribution in [1.82, 2.24) is 5.32 Å². The van der Waals surface area contributed by atoms with Gasteiger partial charge in [-0.25, -0.2) is 0 Å². The molecule has 0 aromatic carbocycles. The van der Waals surface area contributed by atoms with E-state index in [1.54, 1.807) is 5.57 Å². The third kappa shape index (κ3) is 4.51. The molecular weight excluding hydrogens is 426 g/mol. The average molecular weight is 478 g/mol. The molecule has 0 aromatic rings. The van der Waals surface area contributed by atoms with Crippen molar-refractivity contribution in [3.05, 3.63) is 47.9 Å². The Labute approximate surface area is 215 Å². The second-order valence-corrected chi connectivity index (χ2v) is 14.1. The van der Waals surface area contributed by atoms with Gasteiger partial charge in [0.15, 0.2) is 0 Å². The van der Waals surface area contributed by atoms with Crippen LogP contribution in [-0.4, -0.2) is 11.2 Å². The van der Waals surface area contributed by atoms with E-state index in [2.05, 4.69) is 76.5 Å². The first-order valence-electron chi connectivity index (χ1n) is 14.8. The summed E-state index contributed by atoms with van der Waals surface area (Å²) in [4.78, 5) is 0. The predicted molar refractivity (Wildman–Crippen MR) is 147 cm³/mol. The van der Waals surface area contributed by atoms with Crippen LogP contribution in [-0.2, 0) is 0 Å². The molecule has 4 aliphatic carbocycles. The highest BCUT2D eigenvalue weighted by molar-refractivity contribution is 5.26. The van der Waals surface area contributed by atoms with Crippen LogP contribution in [0.5, 0.6) is 0 Å². The minimum atomic E-state index is -0.0935. The van der Waals surface area contributed by atoms with Gasteiger partial charge >= 0.3 is 0 Å². The molecule has 2 N–H and O–H groups in total. The number of hydrogen-bond acceptors (Lipinski definition) is 2. The monoisotopic (exact) mass is 477 g/mol. The molecule has 2 heteroatoms. The van der Waals surface area contributed by atoms with Crippen molar-refractivity contribution in [1.29, 1.82) is 0 Å². The van der Waals surface area contributed by atoms with Crippen LogP contribution in [0.25, 0.3) is 0 Å². The van der Waals surface area contributed by atoms with Gasteiger partial charge in [-0.3, -0.25) is 0 Å². The number of aliphatic hydroxyl groups excluding tert-OH is 1. The molecule has 35 heavy (non-hydrogen) atoms. The zero-order chi connectivity index (χ0) is 24.8. The van der Waals surface area contributed by atoms with Gasteiger partial charge in [0, 0.05) is 17.3 Å². The van der Waals surface area contributed by atoms with Crippen LogP contribution in [0, 0.1) is 45.8 Å². The van der Waals surface area contributed by atoms with E-state index in [9.17, 15) is 5.11 Å². The maximum absolute atomic E-state index is 10.3. The highest BCUT2D eigenvalue weighted by Gasteiger charge is 2.59. The molecule has 1 heterocycles. The second-order valence-electron chi connectivity index (χ2n) is 14.1. The normalized spacial score (nSPS) is 41.6. The number of aliphatic hydroxyl groups is 1. The Bertz CT molecular complexity index is 908. The van der Waals surface area contributed by atoms with E-state index in [0.717, 1.165) is 42.4 Å². The number of rotatable bonds is 6. The van der Waals surface area contributed by atoms with Crippen LogP contribution in [0.4, 0.5) is 0 Å². The molecule has 2 nitrogen and oxygen atoms in total. The van der Waals surface area contributed by atoms with Crippen molar-refractivity contribution in [2.75, 3.05) is 0 Å². The summed E-state index contributed by atoms with van der Waals surface area (Å²) in [7, 11) is 0. The van der Waals surface area contributed by atoms with Gasteiger partial charge in [-0.15, -0.1) is 0 Å². The number of hydrogen-bond donors (Lipinski definition) is 2. The highest BCUT2D eigenvalue weighted by Crippen LogP contribution is 2.67. The molecule has 0 radical (unpaired) electrons. The van der Waals surface area contributed by atoms with E-state index in [4.69, 9.17) is 0 Å². The van der Waals surface area contributed by atoms with Gasteiger partial charge in [-0.2, -0.15) is 0 Å². The summed E-state index contributed by atoms with van der Waals surface area (Å²) in [6.07, 6.45) is 27.3. The first kappa shape index (κ1) is 25.4. The first-order chi connectivity index (χ1) is 16.6. The summed E-state index contributed by atoms with van der Waals surface area (Å²) in [6, 6.07) is 0. The van der Waals surface area contributed by atoms with E-state index in [1.807, 2.05) is 0 Å². The molecule has 5 rings (SSSR count). The standard InChI is InChI=1S/C33H51NO/c1-23(10-9-18-31(2,3)30-11-7-6-8-21-34-30)27-14-15-28-26-13-12-24-22-25(35)16-19-32(24,4)29(26)17-20-33(27,28)5/h6-8,11-12,21,23,25-29,34-35H,9-10,13-20,22H2,1-5H3/t23-,25+,26+,27-,28+,29+,32+,33-/m1/s1. The van der Waals surface area contributed by atoms with Crippen molar-refractivity contribution in [3.8, 4) is 0 Å². The van der Waals surface area contributed by atoms with Crippen molar-refractivity contribution in [2.24, 2.45) is 45.8 Å². The van der Waals surface area contributed by atoms with Crippen LogP contribution in [0.15, 0.2) is 47.9 Å². The minimum absolute atomic E-state index is 0.0935. The molecular formula is C33H51NO. The molecule has 0 unspecified atom stereocenters. The summed E-state index contributed by atoms with van der Waals surface area (Å²) in [5, 5.41) is 13.8. The number of nitrogens with one attached hydrogen (secondary N) is 1. The van der Waals surface area contributed by atoms with Crippen LogP contribution in [0.3, 0.4) is 0 Å². The summed E-state index contributed by atoms with van der Waals surface area (Å²) in [5.41, 5.74) is 4.04. The lowest BCUT2D eigenvalue weighted by Crippen LogP contribution is -2.50. The van der Waals surface area contributed by atoms with Crippen LogP contribution >= 0.6 is 0 Å². The van der Waals surface area contributed by atoms with Gasteiger partial charge in [0.2, 0.25) is 0 Å². The molecule has 0 spiro atoms. The fraction of sp³-hybridized carbons (Fsp3) is 0.758. The van der Waals surface area contributed by atoms with Gasteiger partial charge in [0.25, 0.3) is 0 Å². The van der Waals surface area contributed by atoms with Gasteiger partial charge in [0.1, 0.15) is 0 Å². The lowest BCUT2D eigenvalue weighted by molar-refractivity contribution is -0.0573. The quantitative estimate of drug-likeness (QED) is 0.377. The van der Waals surface area contributed by atoms with E-state index in [0.29, 0.717) is 10.8 Å². The Morgan fingerprint density at radius 2 is 1.89 bits per heavy atom. The molecule has 0 bridgehead atoms. The zero-order valence-electron chi connectivity index (χ0n) is 23.2. The topological polar surface area (TPSA) is 32.3 Å². The fourth-order valence-corrected chi connectivity index (χ4v) is 9.70. The maximum atomic E-state index is 10.3. The molecule has 5 aliphatic rings. The van der Waals surface area contributed by atoms with Crippen LogP contribution in [0.2, 0.25) is 0 Å². The molecule has 0 amide bonds. The van der Waals surface area contributed by atoms with Crippen LogP contribution < -0.4 is 5.32 Å². The van der Waals surface area contributed by atoms with Crippen molar-refractivity contribution in [2.45, 2.75) is 111 Å². The smallest absolute Gasteiger partial charge is 0.0577 e. The minimum Gasteiger partial charge on any atom is -0.393 e. The van der Waals surface area contributed by atoms with E-state index < -0.39 is 0 Å². The second kappa shape index (κ2) is 9.55. The lowest BCUT2D eigenvalue weighted by atomic mass is 9.47. The van der Waals surface area contributed by atoms with Crippen molar-refractivity contribution < 1.29 is 5.11 Å². The van der Waals surface area contributed by atoms with Gasteiger partial charge in [-0.1, -0.05) is 71.3 Å². The van der Waals surface area contributed by atoms with Gasteiger partial charge < -0.3 is 10.4 Å². The predicted octanol–water partition coefficient (Wildman–Crippen LogP) is 8.32. The van der Waals surface area contributed by atoms with E-state index >= 15 is 0 Å². The molecule has 3 saturated carbocycles. The molecule has 194 valence electrons. The van der Waals surface area contributed by atoms with Crippen molar-refractivity contribution >= 4 is 0 Å². The summed E-state index contributed by atoms with van der Waals surface area (Å²) >= 11 is 0. The SMILES string of the molecule is C[C@H](CCCC(C)(C)C1=CC=CC=CN1)[C@H]1CC[C@H]2[C@@H]3CC=C4C[C@@H](O)CC[C@]4(C)[C@H]3CC[C@]12C.